The van der Waals surface area contributed by atoms with Crippen molar-refractivity contribution in [3.05, 3.63) is 95.1 Å². The number of carbonyl (C=O) groups excluding carboxylic acids is 3. The highest BCUT2D eigenvalue weighted by Crippen LogP contribution is 2.30. The second-order valence-corrected chi connectivity index (χ2v) is 11.1. The average molecular weight is 576 g/mol. The van der Waals surface area contributed by atoms with Gasteiger partial charge in [0.2, 0.25) is 5.91 Å². The summed E-state index contributed by atoms with van der Waals surface area (Å²) < 4.78 is 10.7. The lowest BCUT2D eigenvalue weighted by Crippen LogP contribution is -2.54. The van der Waals surface area contributed by atoms with E-state index in [-0.39, 0.29) is 13.0 Å². The molecule has 42 heavy (non-hydrogen) atoms. The van der Waals surface area contributed by atoms with Gasteiger partial charge in [-0.05, 0) is 81.1 Å². The molecule has 2 unspecified atom stereocenters. The van der Waals surface area contributed by atoms with Crippen molar-refractivity contribution in [3.63, 3.8) is 0 Å². The number of nitrogens with one attached hydrogen (secondary N) is 2. The van der Waals surface area contributed by atoms with E-state index >= 15 is 0 Å². The van der Waals surface area contributed by atoms with Gasteiger partial charge in [0.25, 0.3) is 5.91 Å². The molecule has 3 N–H and O–H groups in total. The molecule has 0 aliphatic carbocycles. The lowest BCUT2D eigenvalue weighted by molar-refractivity contribution is -0.141. The predicted octanol–water partition coefficient (Wildman–Crippen LogP) is 4.95. The lowest BCUT2D eigenvalue weighted by atomic mass is 9.93. The zero-order chi connectivity index (χ0) is 30.9. The molecule has 0 spiro atoms. The standard InChI is InChI=1S/C33H41N3O6/c1-22-11-10-12-23(2)28(22)29(30(38)34-25-15-17-26(41-6)18-16-25)36(19-20-37)31(39)27(21-24-13-8-7-9-14-24)35-32(40)42-33(3,4)5/h7-18,27,29,37H,19-21H2,1-6H3,(H,34,38)(H,35,40). The van der Waals surface area contributed by atoms with Gasteiger partial charge in [-0.15, -0.1) is 0 Å². The summed E-state index contributed by atoms with van der Waals surface area (Å²) in [6.07, 6.45) is -0.604. The van der Waals surface area contributed by atoms with E-state index in [1.165, 1.54) is 4.90 Å². The second-order valence-electron chi connectivity index (χ2n) is 11.1. The van der Waals surface area contributed by atoms with Gasteiger partial charge >= 0.3 is 6.09 Å². The van der Waals surface area contributed by atoms with E-state index in [0.717, 1.165) is 16.7 Å². The Morgan fingerprint density at radius 1 is 0.905 bits per heavy atom. The molecule has 9 nitrogen and oxygen atoms in total. The highest BCUT2D eigenvalue weighted by Gasteiger charge is 2.37. The highest BCUT2D eigenvalue weighted by atomic mass is 16.6. The Kier molecular flexibility index (Phi) is 11.1. The summed E-state index contributed by atoms with van der Waals surface area (Å²) in [7, 11) is 1.56. The molecule has 0 aliphatic rings. The molecule has 3 aromatic carbocycles. The Hall–Kier alpha value is -4.37. The molecule has 0 saturated carbocycles. The van der Waals surface area contributed by atoms with E-state index < -0.39 is 42.2 Å². The molecule has 0 radical (unpaired) electrons. The lowest BCUT2D eigenvalue weighted by Gasteiger charge is -2.35. The first-order valence-corrected chi connectivity index (χ1v) is 13.9. The summed E-state index contributed by atoms with van der Waals surface area (Å²) in [5.74, 6) is -0.361. The minimum atomic E-state index is -1.10. The van der Waals surface area contributed by atoms with Crippen molar-refractivity contribution in [2.75, 3.05) is 25.6 Å². The van der Waals surface area contributed by atoms with E-state index in [1.807, 2.05) is 62.4 Å². The number of alkyl carbamates (subject to hydrolysis) is 1. The van der Waals surface area contributed by atoms with Crippen LogP contribution in [0.1, 0.15) is 49.1 Å². The van der Waals surface area contributed by atoms with Gasteiger partial charge in [-0.2, -0.15) is 0 Å². The minimum Gasteiger partial charge on any atom is -0.497 e. The van der Waals surface area contributed by atoms with Gasteiger partial charge in [0.05, 0.1) is 13.7 Å². The number of rotatable bonds is 11. The fraction of sp³-hybridized carbons (Fsp3) is 0.364. The number of aliphatic hydroxyl groups is 1. The number of aryl methyl sites for hydroxylation is 2. The predicted molar refractivity (Wildman–Crippen MR) is 162 cm³/mol. The van der Waals surface area contributed by atoms with Crippen LogP contribution < -0.4 is 15.4 Å². The molecule has 0 heterocycles. The third kappa shape index (κ3) is 8.81. The Morgan fingerprint density at radius 2 is 1.52 bits per heavy atom. The van der Waals surface area contributed by atoms with Crippen LogP contribution in [0.25, 0.3) is 0 Å². The quantitative estimate of drug-likeness (QED) is 0.298. The van der Waals surface area contributed by atoms with Gasteiger partial charge in [-0.25, -0.2) is 4.79 Å². The van der Waals surface area contributed by atoms with E-state index in [2.05, 4.69) is 10.6 Å². The topological polar surface area (TPSA) is 117 Å². The van der Waals surface area contributed by atoms with Crippen molar-refractivity contribution in [3.8, 4) is 5.75 Å². The normalized spacial score (nSPS) is 12.5. The van der Waals surface area contributed by atoms with Crippen LogP contribution in [0.3, 0.4) is 0 Å². The number of nitrogens with zero attached hydrogens (tertiary/aromatic N) is 1. The number of ether oxygens (including phenoxy) is 2. The molecule has 0 aliphatic heterocycles. The van der Waals surface area contributed by atoms with Crippen molar-refractivity contribution in [2.24, 2.45) is 0 Å². The maximum Gasteiger partial charge on any atom is 0.408 e. The number of hydrogen-bond acceptors (Lipinski definition) is 6. The van der Waals surface area contributed by atoms with E-state index in [0.29, 0.717) is 17.0 Å². The number of aliphatic hydroxyl groups excluding tert-OH is 1. The zero-order valence-electron chi connectivity index (χ0n) is 25.1. The van der Waals surface area contributed by atoms with Crippen LogP contribution in [0.5, 0.6) is 5.75 Å². The van der Waals surface area contributed by atoms with Crippen LogP contribution in [-0.4, -0.2) is 59.8 Å². The van der Waals surface area contributed by atoms with Gasteiger partial charge in [0.15, 0.2) is 0 Å². The van der Waals surface area contributed by atoms with Crippen LogP contribution in [-0.2, 0) is 20.7 Å². The molecule has 3 rings (SSSR count). The first-order valence-electron chi connectivity index (χ1n) is 13.9. The summed E-state index contributed by atoms with van der Waals surface area (Å²) in [5.41, 5.74) is 2.79. The van der Waals surface area contributed by atoms with E-state index in [1.54, 1.807) is 52.1 Å². The first kappa shape index (κ1) is 32.1. The van der Waals surface area contributed by atoms with Gasteiger partial charge in [-0.1, -0.05) is 48.5 Å². The summed E-state index contributed by atoms with van der Waals surface area (Å²) >= 11 is 0. The van der Waals surface area contributed by atoms with Gasteiger partial charge in [-0.3, -0.25) is 9.59 Å². The van der Waals surface area contributed by atoms with Gasteiger partial charge < -0.3 is 30.1 Å². The summed E-state index contributed by atoms with van der Waals surface area (Å²) in [5, 5.41) is 15.7. The highest BCUT2D eigenvalue weighted by molar-refractivity contribution is 5.99. The van der Waals surface area contributed by atoms with Crippen molar-refractivity contribution in [2.45, 2.75) is 58.7 Å². The molecule has 3 amide bonds. The average Bonchev–Trinajstić information content (AvgIpc) is 2.93. The van der Waals surface area contributed by atoms with Gasteiger partial charge in [0.1, 0.15) is 23.4 Å². The molecule has 224 valence electrons. The monoisotopic (exact) mass is 575 g/mol. The Bertz CT molecular complexity index is 1330. The number of benzene rings is 3. The summed E-state index contributed by atoms with van der Waals surface area (Å²) in [4.78, 5) is 42.6. The fourth-order valence-electron chi connectivity index (χ4n) is 4.75. The molecule has 0 saturated heterocycles. The number of carbonyl (C=O) groups is 3. The van der Waals surface area contributed by atoms with Crippen LogP contribution in [0.4, 0.5) is 10.5 Å². The third-order valence-electron chi connectivity index (χ3n) is 6.63. The van der Waals surface area contributed by atoms with E-state index in [9.17, 15) is 19.5 Å². The Morgan fingerprint density at radius 3 is 2.07 bits per heavy atom. The molecular weight excluding hydrogens is 534 g/mol. The van der Waals surface area contributed by atoms with Crippen LogP contribution in [0, 0.1) is 13.8 Å². The van der Waals surface area contributed by atoms with Crippen LogP contribution >= 0.6 is 0 Å². The van der Waals surface area contributed by atoms with Crippen LogP contribution in [0.15, 0.2) is 72.8 Å². The Labute approximate surface area is 247 Å². The minimum absolute atomic E-state index is 0.144. The molecule has 0 bridgehead atoms. The maximum absolute atomic E-state index is 14.4. The largest absolute Gasteiger partial charge is 0.497 e. The smallest absolute Gasteiger partial charge is 0.408 e. The van der Waals surface area contributed by atoms with Crippen LogP contribution in [0.2, 0.25) is 0 Å². The molecular formula is C33H41N3O6. The van der Waals surface area contributed by atoms with Crippen molar-refractivity contribution in [1.29, 1.82) is 0 Å². The van der Waals surface area contributed by atoms with Crippen molar-refractivity contribution in [1.82, 2.24) is 10.2 Å². The fourth-order valence-corrected chi connectivity index (χ4v) is 4.75. The molecule has 0 aromatic heterocycles. The molecule has 3 aromatic rings. The number of methoxy groups -OCH3 is 1. The third-order valence-corrected chi connectivity index (χ3v) is 6.63. The number of anilines is 1. The summed E-state index contributed by atoms with van der Waals surface area (Å²) in [6.45, 7) is 8.41. The zero-order valence-corrected chi connectivity index (χ0v) is 25.1. The van der Waals surface area contributed by atoms with E-state index in [4.69, 9.17) is 9.47 Å². The molecule has 9 heteroatoms. The van der Waals surface area contributed by atoms with Crippen molar-refractivity contribution >= 4 is 23.6 Å². The van der Waals surface area contributed by atoms with Crippen molar-refractivity contribution < 1.29 is 29.0 Å². The number of amides is 3. The van der Waals surface area contributed by atoms with Gasteiger partial charge in [0, 0.05) is 18.7 Å². The Balaban J connectivity index is 2.07. The second kappa shape index (κ2) is 14.5. The maximum atomic E-state index is 14.4. The number of hydrogen-bond donors (Lipinski definition) is 3. The molecule has 2 atom stereocenters. The first-order chi connectivity index (χ1) is 19.9. The SMILES string of the molecule is COc1ccc(NC(=O)C(c2c(C)cccc2C)N(CCO)C(=O)C(Cc2ccccc2)NC(=O)OC(C)(C)C)cc1. The summed E-state index contributed by atoms with van der Waals surface area (Å²) in [6, 6.07) is 19.6. The molecule has 0 fully saturated rings.